The summed E-state index contributed by atoms with van der Waals surface area (Å²) in [5, 5.41) is 8.26. The van der Waals surface area contributed by atoms with Gasteiger partial charge in [0.05, 0.1) is 24.4 Å². The molecule has 4 nitrogen and oxygen atoms in total. The highest BCUT2D eigenvalue weighted by molar-refractivity contribution is 5.11. The van der Waals surface area contributed by atoms with Crippen LogP contribution < -0.4 is 4.74 Å². The molecule has 0 saturated carbocycles. The molecule has 0 amide bonds. The lowest BCUT2D eigenvalue weighted by Crippen LogP contribution is -2.18. The number of hydrogen-bond donors (Lipinski definition) is 0. The first kappa shape index (κ1) is 10.2. The average Bonchev–Trinajstić information content (AvgIpc) is 2.02. The van der Waals surface area contributed by atoms with Gasteiger partial charge in [-0.1, -0.05) is 0 Å². The van der Waals surface area contributed by atoms with E-state index in [1.807, 2.05) is 0 Å². The van der Waals surface area contributed by atoms with Crippen molar-refractivity contribution in [3.05, 3.63) is 18.1 Å². The molecule has 0 aliphatic carbocycles. The Morgan fingerprint density at radius 1 is 1.43 bits per heavy atom. The highest BCUT2D eigenvalue weighted by Gasteiger charge is 2.31. The van der Waals surface area contributed by atoms with Crippen LogP contribution in [0.3, 0.4) is 0 Å². The fraction of sp³-hybridized carbons (Fsp3) is 0.286. The van der Waals surface area contributed by atoms with Crippen molar-refractivity contribution in [3.8, 4) is 11.9 Å². The average molecular weight is 203 g/mol. The first-order valence-corrected chi connectivity index (χ1v) is 3.45. The van der Waals surface area contributed by atoms with Crippen LogP contribution in [0.15, 0.2) is 12.4 Å². The van der Waals surface area contributed by atoms with Crippen molar-refractivity contribution in [2.75, 3.05) is 0 Å². The fourth-order valence-corrected chi connectivity index (χ4v) is 0.720. The van der Waals surface area contributed by atoms with Gasteiger partial charge in [0.1, 0.15) is 0 Å². The van der Waals surface area contributed by atoms with Crippen LogP contribution in [0.1, 0.15) is 5.69 Å². The molecule has 0 aliphatic rings. The number of alkyl halides is 3. The van der Waals surface area contributed by atoms with Crippen LogP contribution >= 0.6 is 0 Å². The molecule has 7 heteroatoms. The molecule has 0 saturated heterocycles. The lowest BCUT2D eigenvalue weighted by Gasteiger charge is -2.07. The van der Waals surface area contributed by atoms with Crippen molar-refractivity contribution in [2.24, 2.45) is 0 Å². The molecule has 0 radical (unpaired) electrons. The van der Waals surface area contributed by atoms with Gasteiger partial charge in [0, 0.05) is 6.20 Å². The zero-order valence-corrected chi connectivity index (χ0v) is 6.75. The Morgan fingerprint density at radius 3 is 2.71 bits per heavy atom. The highest BCUT2D eigenvalue weighted by Crippen LogP contribution is 2.19. The normalized spacial score (nSPS) is 10.7. The van der Waals surface area contributed by atoms with Crippen LogP contribution in [-0.4, -0.2) is 16.3 Å². The number of ether oxygens (including phenoxy) is 1. The van der Waals surface area contributed by atoms with Crippen molar-refractivity contribution in [1.82, 2.24) is 9.97 Å². The van der Waals surface area contributed by atoms with Crippen molar-refractivity contribution in [3.63, 3.8) is 0 Å². The Labute approximate surface area is 77.0 Å². The first-order valence-electron chi connectivity index (χ1n) is 3.45. The molecule has 14 heavy (non-hydrogen) atoms. The summed E-state index contributed by atoms with van der Waals surface area (Å²) in [6, 6.07) is 1.73. The molecular formula is C7H4F3N3O. The molecule has 1 rings (SSSR count). The predicted octanol–water partition coefficient (Wildman–Crippen LogP) is 1.44. The Bertz CT molecular complexity index is 358. The number of rotatable bonds is 2. The maximum atomic E-state index is 11.7. The Hall–Kier alpha value is -1.84. The summed E-state index contributed by atoms with van der Waals surface area (Å²) in [7, 11) is 0. The molecular weight excluding hydrogens is 199 g/mol. The van der Waals surface area contributed by atoms with Crippen LogP contribution in [0.2, 0.25) is 0 Å². The van der Waals surface area contributed by atoms with Gasteiger partial charge in [0.15, 0.2) is 0 Å². The van der Waals surface area contributed by atoms with E-state index in [1.54, 1.807) is 6.07 Å². The van der Waals surface area contributed by atoms with Crippen molar-refractivity contribution in [1.29, 1.82) is 5.26 Å². The SMILES string of the molecule is N#CCc1cncc(OC(F)(F)F)n1. The van der Waals surface area contributed by atoms with Gasteiger partial charge >= 0.3 is 6.36 Å². The van der Waals surface area contributed by atoms with Gasteiger partial charge in [-0.2, -0.15) is 5.26 Å². The van der Waals surface area contributed by atoms with Gasteiger partial charge in [-0.15, -0.1) is 13.2 Å². The molecule has 1 aromatic heterocycles. The number of nitriles is 1. The standard InChI is InChI=1S/C7H4F3N3O/c8-7(9,10)14-6-4-12-3-5(13-6)1-2-11/h3-4H,1H2. The monoisotopic (exact) mass is 203 g/mol. The molecule has 0 unspecified atom stereocenters. The lowest BCUT2D eigenvalue weighted by atomic mass is 10.3. The zero-order chi connectivity index (χ0) is 10.6. The van der Waals surface area contributed by atoms with Gasteiger partial charge < -0.3 is 4.74 Å². The summed E-state index contributed by atoms with van der Waals surface area (Å²) in [6.45, 7) is 0. The summed E-state index contributed by atoms with van der Waals surface area (Å²) < 4.78 is 38.6. The smallest absolute Gasteiger partial charge is 0.386 e. The Morgan fingerprint density at radius 2 is 2.14 bits per heavy atom. The predicted molar refractivity (Wildman–Crippen MR) is 38.0 cm³/mol. The van der Waals surface area contributed by atoms with Crippen LogP contribution in [0, 0.1) is 11.3 Å². The first-order chi connectivity index (χ1) is 6.51. The number of nitrogens with zero attached hydrogens (tertiary/aromatic N) is 3. The van der Waals surface area contributed by atoms with E-state index in [0.29, 0.717) is 0 Å². The molecule has 0 aliphatic heterocycles. The molecule has 0 spiro atoms. The van der Waals surface area contributed by atoms with E-state index in [2.05, 4.69) is 14.7 Å². The molecule has 1 heterocycles. The molecule has 0 aromatic carbocycles. The van der Waals surface area contributed by atoms with Crippen LogP contribution in [0.5, 0.6) is 5.88 Å². The summed E-state index contributed by atoms with van der Waals surface area (Å²) in [5.74, 6) is -0.662. The summed E-state index contributed by atoms with van der Waals surface area (Å²) in [5.41, 5.74) is 0.134. The molecule has 74 valence electrons. The highest BCUT2D eigenvalue weighted by atomic mass is 19.4. The minimum absolute atomic E-state index is 0.109. The van der Waals surface area contributed by atoms with E-state index >= 15 is 0 Å². The summed E-state index contributed by atoms with van der Waals surface area (Å²) in [4.78, 5) is 6.87. The van der Waals surface area contributed by atoms with E-state index in [-0.39, 0.29) is 12.1 Å². The number of halogens is 3. The molecule has 0 atom stereocenters. The number of aromatic nitrogens is 2. The Balaban J connectivity index is 2.79. The van der Waals surface area contributed by atoms with Gasteiger partial charge in [-0.05, 0) is 0 Å². The van der Waals surface area contributed by atoms with Gasteiger partial charge in [0.2, 0.25) is 5.88 Å². The lowest BCUT2D eigenvalue weighted by molar-refractivity contribution is -0.276. The zero-order valence-electron chi connectivity index (χ0n) is 6.75. The second-order valence-corrected chi connectivity index (χ2v) is 2.23. The maximum Gasteiger partial charge on any atom is 0.574 e. The van der Waals surface area contributed by atoms with E-state index in [9.17, 15) is 13.2 Å². The van der Waals surface area contributed by atoms with Crippen molar-refractivity contribution in [2.45, 2.75) is 12.8 Å². The van der Waals surface area contributed by atoms with Gasteiger partial charge in [-0.3, -0.25) is 4.98 Å². The minimum atomic E-state index is -4.79. The van der Waals surface area contributed by atoms with E-state index in [1.165, 1.54) is 6.20 Å². The van der Waals surface area contributed by atoms with Crippen LogP contribution in [0.25, 0.3) is 0 Å². The number of hydrogen-bond acceptors (Lipinski definition) is 4. The van der Waals surface area contributed by atoms with Gasteiger partial charge in [-0.25, -0.2) is 4.98 Å². The maximum absolute atomic E-state index is 11.7. The third-order valence-electron chi connectivity index (χ3n) is 1.14. The Kier molecular flexibility index (Phi) is 2.86. The third-order valence-corrected chi connectivity index (χ3v) is 1.14. The van der Waals surface area contributed by atoms with Crippen LogP contribution in [-0.2, 0) is 6.42 Å². The van der Waals surface area contributed by atoms with E-state index in [0.717, 1.165) is 6.20 Å². The van der Waals surface area contributed by atoms with Crippen LogP contribution in [0.4, 0.5) is 13.2 Å². The summed E-state index contributed by atoms with van der Waals surface area (Å²) >= 11 is 0. The largest absolute Gasteiger partial charge is 0.574 e. The van der Waals surface area contributed by atoms with Crippen molar-refractivity contribution < 1.29 is 17.9 Å². The van der Waals surface area contributed by atoms with E-state index in [4.69, 9.17) is 5.26 Å². The topological polar surface area (TPSA) is 58.8 Å². The quantitative estimate of drug-likeness (QED) is 0.729. The fourth-order valence-electron chi connectivity index (χ4n) is 0.720. The molecule has 0 fully saturated rings. The molecule has 0 bridgehead atoms. The van der Waals surface area contributed by atoms with Gasteiger partial charge in [0.25, 0.3) is 0 Å². The van der Waals surface area contributed by atoms with E-state index < -0.39 is 12.2 Å². The molecule has 0 N–H and O–H groups in total. The second kappa shape index (κ2) is 3.91. The third kappa shape index (κ3) is 3.26. The molecule has 1 aromatic rings. The summed E-state index contributed by atoms with van der Waals surface area (Å²) in [6.07, 6.45) is -2.87. The second-order valence-electron chi connectivity index (χ2n) is 2.23. The van der Waals surface area contributed by atoms with Crippen molar-refractivity contribution >= 4 is 0 Å². The minimum Gasteiger partial charge on any atom is -0.386 e.